The van der Waals surface area contributed by atoms with Crippen molar-refractivity contribution < 1.29 is 4.79 Å². The second kappa shape index (κ2) is 4.76. The fraction of sp³-hybridized carbons (Fsp3) is 0.286. The van der Waals surface area contributed by atoms with Crippen LogP contribution in [0.2, 0.25) is 0 Å². The molecule has 0 spiro atoms. The molecule has 0 fully saturated rings. The third-order valence-electron chi connectivity index (χ3n) is 3.35. The van der Waals surface area contributed by atoms with E-state index in [1.54, 1.807) is 17.1 Å². The van der Waals surface area contributed by atoms with E-state index in [0.29, 0.717) is 12.2 Å². The first-order valence-electron chi connectivity index (χ1n) is 6.38. The Balaban J connectivity index is 2.01. The molecule has 0 aliphatic carbocycles. The van der Waals surface area contributed by atoms with Crippen molar-refractivity contribution in [2.75, 3.05) is 23.3 Å². The minimum absolute atomic E-state index is 0.00356. The van der Waals surface area contributed by atoms with Gasteiger partial charge in [0, 0.05) is 20.1 Å². The number of carbonyl (C=O) groups excluding carboxylic acids is 1. The number of benzene rings is 1. The zero-order valence-corrected chi connectivity index (χ0v) is 10.8. The number of fused-ring (bicyclic) bond motifs is 1. The zero-order valence-electron chi connectivity index (χ0n) is 10.8. The van der Waals surface area contributed by atoms with E-state index in [-0.39, 0.29) is 5.91 Å². The van der Waals surface area contributed by atoms with E-state index in [9.17, 15) is 4.79 Å². The van der Waals surface area contributed by atoms with Crippen LogP contribution < -0.4 is 10.2 Å². The summed E-state index contributed by atoms with van der Waals surface area (Å²) >= 11 is 0. The molecule has 1 amide bonds. The SMILES string of the molecule is Cn1cncc1C(=O)N1CCCNc2ccccc21. The Morgan fingerprint density at radius 3 is 3.00 bits per heavy atom. The van der Waals surface area contributed by atoms with Crippen molar-refractivity contribution in [3.63, 3.8) is 0 Å². The minimum atomic E-state index is -0.00356. The van der Waals surface area contributed by atoms with Crippen molar-refractivity contribution in [1.82, 2.24) is 9.55 Å². The molecule has 19 heavy (non-hydrogen) atoms. The van der Waals surface area contributed by atoms with Gasteiger partial charge in [-0.05, 0) is 18.6 Å². The van der Waals surface area contributed by atoms with E-state index in [1.807, 2.05) is 36.2 Å². The minimum Gasteiger partial charge on any atom is -0.383 e. The number of aryl methyl sites for hydroxylation is 1. The summed E-state index contributed by atoms with van der Waals surface area (Å²) in [5, 5.41) is 3.35. The van der Waals surface area contributed by atoms with Crippen molar-refractivity contribution in [2.45, 2.75) is 6.42 Å². The molecule has 0 atom stereocenters. The Bertz CT molecular complexity index is 605. The second-order valence-electron chi connectivity index (χ2n) is 4.64. The van der Waals surface area contributed by atoms with Crippen LogP contribution in [0.4, 0.5) is 11.4 Å². The fourth-order valence-corrected chi connectivity index (χ4v) is 2.35. The normalized spacial score (nSPS) is 14.5. The number of amides is 1. The molecule has 5 heteroatoms. The first-order chi connectivity index (χ1) is 9.27. The largest absolute Gasteiger partial charge is 0.383 e. The Labute approximate surface area is 111 Å². The summed E-state index contributed by atoms with van der Waals surface area (Å²) in [7, 11) is 1.84. The number of nitrogens with one attached hydrogen (secondary N) is 1. The van der Waals surface area contributed by atoms with Crippen LogP contribution in [0, 0.1) is 0 Å². The molecule has 0 unspecified atom stereocenters. The summed E-state index contributed by atoms with van der Waals surface area (Å²) in [4.78, 5) is 18.5. The predicted octanol–water partition coefficient (Wildman–Crippen LogP) is 1.88. The van der Waals surface area contributed by atoms with Gasteiger partial charge in [-0.25, -0.2) is 4.98 Å². The van der Waals surface area contributed by atoms with Crippen molar-refractivity contribution in [1.29, 1.82) is 0 Å². The van der Waals surface area contributed by atoms with Crippen molar-refractivity contribution in [2.24, 2.45) is 7.05 Å². The molecule has 1 aromatic heterocycles. The number of para-hydroxylation sites is 2. The molecule has 2 heterocycles. The first kappa shape index (κ1) is 11.8. The third-order valence-corrected chi connectivity index (χ3v) is 3.35. The van der Waals surface area contributed by atoms with Gasteiger partial charge in [-0.1, -0.05) is 12.1 Å². The molecular weight excluding hydrogens is 240 g/mol. The number of anilines is 2. The second-order valence-corrected chi connectivity index (χ2v) is 4.64. The maximum atomic E-state index is 12.6. The van der Waals surface area contributed by atoms with Gasteiger partial charge in [-0.15, -0.1) is 0 Å². The number of nitrogens with zero attached hydrogens (tertiary/aromatic N) is 3. The smallest absolute Gasteiger partial charge is 0.276 e. The molecule has 1 N–H and O–H groups in total. The fourth-order valence-electron chi connectivity index (χ4n) is 2.35. The summed E-state index contributed by atoms with van der Waals surface area (Å²) in [5.41, 5.74) is 2.55. The molecular formula is C14H16N4O. The predicted molar refractivity (Wildman–Crippen MR) is 74.4 cm³/mol. The van der Waals surface area contributed by atoms with Crippen LogP contribution in [-0.2, 0) is 7.05 Å². The van der Waals surface area contributed by atoms with Gasteiger partial charge in [0.1, 0.15) is 5.69 Å². The topological polar surface area (TPSA) is 50.2 Å². The number of hydrogen-bond acceptors (Lipinski definition) is 3. The molecule has 0 saturated carbocycles. The molecule has 1 aliphatic rings. The summed E-state index contributed by atoms with van der Waals surface area (Å²) in [6.45, 7) is 1.60. The van der Waals surface area contributed by atoms with Crippen LogP contribution in [-0.4, -0.2) is 28.5 Å². The van der Waals surface area contributed by atoms with Crippen molar-refractivity contribution in [3.05, 3.63) is 42.5 Å². The highest BCUT2D eigenvalue weighted by molar-refractivity contribution is 6.06. The van der Waals surface area contributed by atoms with E-state index in [0.717, 1.165) is 24.3 Å². The molecule has 3 rings (SSSR count). The van der Waals surface area contributed by atoms with Crippen LogP contribution >= 0.6 is 0 Å². The van der Waals surface area contributed by atoms with E-state index >= 15 is 0 Å². The Hall–Kier alpha value is -2.30. The third kappa shape index (κ3) is 2.07. The molecule has 1 aliphatic heterocycles. The van der Waals surface area contributed by atoms with Gasteiger partial charge in [-0.3, -0.25) is 4.79 Å². The summed E-state index contributed by atoms with van der Waals surface area (Å²) in [6.07, 6.45) is 4.19. The standard InChI is InChI=1S/C14H16N4O/c1-17-10-15-9-13(17)14(19)18-8-4-7-16-11-5-2-3-6-12(11)18/h2-3,5-6,9-10,16H,4,7-8H2,1H3. The number of rotatable bonds is 1. The average molecular weight is 256 g/mol. The number of aromatic nitrogens is 2. The maximum Gasteiger partial charge on any atom is 0.276 e. The molecule has 0 bridgehead atoms. The number of hydrogen-bond donors (Lipinski definition) is 1. The van der Waals surface area contributed by atoms with E-state index in [4.69, 9.17) is 0 Å². The van der Waals surface area contributed by atoms with E-state index in [2.05, 4.69) is 10.3 Å². The molecule has 0 radical (unpaired) electrons. The average Bonchev–Trinajstić information content (AvgIpc) is 2.74. The molecule has 2 aromatic rings. The van der Waals surface area contributed by atoms with E-state index in [1.165, 1.54) is 0 Å². The summed E-state index contributed by atoms with van der Waals surface area (Å²) in [5.74, 6) is -0.00356. The van der Waals surface area contributed by atoms with Gasteiger partial charge in [0.2, 0.25) is 0 Å². The molecule has 98 valence electrons. The summed E-state index contributed by atoms with van der Waals surface area (Å²) < 4.78 is 1.75. The highest BCUT2D eigenvalue weighted by atomic mass is 16.2. The van der Waals surface area contributed by atoms with Gasteiger partial charge in [0.05, 0.1) is 23.9 Å². The van der Waals surface area contributed by atoms with Crippen LogP contribution in [0.5, 0.6) is 0 Å². The first-order valence-corrected chi connectivity index (χ1v) is 6.38. The van der Waals surface area contributed by atoms with Gasteiger partial charge >= 0.3 is 0 Å². The van der Waals surface area contributed by atoms with Crippen molar-refractivity contribution in [3.8, 4) is 0 Å². The lowest BCUT2D eigenvalue weighted by atomic mass is 10.2. The number of imidazole rings is 1. The zero-order chi connectivity index (χ0) is 13.2. The molecule has 1 aromatic carbocycles. The Morgan fingerprint density at radius 1 is 1.37 bits per heavy atom. The van der Waals surface area contributed by atoms with Crippen LogP contribution in [0.15, 0.2) is 36.8 Å². The lowest BCUT2D eigenvalue weighted by Crippen LogP contribution is -2.32. The Morgan fingerprint density at radius 2 is 2.21 bits per heavy atom. The summed E-state index contributed by atoms with van der Waals surface area (Å²) in [6, 6.07) is 7.91. The molecule has 5 nitrogen and oxygen atoms in total. The lowest BCUT2D eigenvalue weighted by molar-refractivity contribution is 0.0979. The van der Waals surface area contributed by atoms with Crippen LogP contribution in [0.3, 0.4) is 0 Å². The van der Waals surface area contributed by atoms with Gasteiger partial charge < -0.3 is 14.8 Å². The van der Waals surface area contributed by atoms with Crippen LogP contribution in [0.1, 0.15) is 16.9 Å². The highest BCUT2D eigenvalue weighted by Gasteiger charge is 2.23. The maximum absolute atomic E-state index is 12.6. The van der Waals surface area contributed by atoms with Gasteiger partial charge in [0.25, 0.3) is 5.91 Å². The van der Waals surface area contributed by atoms with Gasteiger partial charge in [0.15, 0.2) is 0 Å². The van der Waals surface area contributed by atoms with Gasteiger partial charge in [-0.2, -0.15) is 0 Å². The monoisotopic (exact) mass is 256 g/mol. The lowest BCUT2D eigenvalue weighted by Gasteiger charge is -2.22. The van der Waals surface area contributed by atoms with Crippen LogP contribution in [0.25, 0.3) is 0 Å². The van der Waals surface area contributed by atoms with Crippen molar-refractivity contribution >= 4 is 17.3 Å². The Kier molecular flexibility index (Phi) is 2.95. The molecule has 0 saturated heterocycles. The quantitative estimate of drug-likeness (QED) is 0.847. The highest BCUT2D eigenvalue weighted by Crippen LogP contribution is 2.29. The number of carbonyl (C=O) groups is 1. The van der Waals surface area contributed by atoms with E-state index < -0.39 is 0 Å².